The van der Waals surface area contributed by atoms with E-state index in [0.717, 1.165) is 22.3 Å². The van der Waals surface area contributed by atoms with E-state index in [1.807, 2.05) is 73.6 Å². The van der Waals surface area contributed by atoms with Crippen molar-refractivity contribution in [3.8, 4) is 0 Å². The van der Waals surface area contributed by atoms with Crippen molar-refractivity contribution in [3.05, 3.63) is 78.9 Å². The quantitative estimate of drug-likeness (QED) is 0.539. The first-order valence-electron chi connectivity index (χ1n) is 9.12. The second kappa shape index (κ2) is 7.93. The fraction of sp³-hybridized carbons (Fsp3) is 0.0909. The van der Waals surface area contributed by atoms with Crippen LogP contribution in [0.4, 0.5) is 22.9 Å². The summed E-state index contributed by atoms with van der Waals surface area (Å²) in [4.78, 5) is 27.3. The lowest BCUT2D eigenvalue weighted by molar-refractivity contribution is 0.102. The number of carbonyl (C=O) groups is 1. The lowest BCUT2D eigenvalue weighted by Gasteiger charge is -2.13. The number of hydrogen-bond acceptors (Lipinski definition) is 6. The highest BCUT2D eigenvalue weighted by Crippen LogP contribution is 2.24. The monoisotopic (exact) mass is 384 g/mol. The number of nitrogens with one attached hydrogen (secondary N) is 2. The predicted octanol–water partition coefficient (Wildman–Crippen LogP) is 4.09. The Labute approximate surface area is 168 Å². The first-order valence-corrected chi connectivity index (χ1v) is 9.12. The van der Waals surface area contributed by atoms with E-state index in [9.17, 15) is 4.79 Å². The summed E-state index contributed by atoms with van der Waals surface area (Å²) in [6, 6.07) is 19.0. The van der Waals surface area contributed by atoms with Crippen LogP contribution in [0.3, 0.4) is 0 Å². The molecule has 0 unspecified atom stereocenters. The van der Waals surface area contributed by atoms with Gasteiger partial charge in [-0.1, -0.05) is 18.2 Å². The number of anilines is 4. The summed E-state index contributed by atoms with van der Waals surface area (Å²) in [5.41, 5.74) is 3.67. The summed E-state index contributed by atoms with van der Waals surface area (Å²) in [7, 11) is 3.93. The normalized spacial score (nSPS) is 10.6. The standard InChI is InChI=1S/C22H20N6O/c1-28(2)17-10-8-16(9-11-17)26-22(29)19-13-20(25-14-24-19)27-18-7-3-5-15-6-4-12-23-21(15)18/h3-14H,1-2H3,(H,26,29)(H,24,25,27). The third-order valence-electron chi connectivity index (χ3n) is 4.44. The zero-order valence-electron chi connectivity index (χ0n) is 16.1. The second-order valence-electron chi connectivity index (χ2n) is 6.69. The van der Waals surface area contributed by atoms with Crippen LogP contribution in [0.25, 0.3) is 10.9 Å². The van der Waals surface area contributed by atoms with Gasteiger partial charge < -0.3 is 15.5 Å². The van der Waals surface area contributed by atoms with Crippen LogP contribution in [0, 0.1) is 0 Å². The average Bonchev–Trinajstić information content (AvgIpc) is 2.74. The molecule has 7 nitrogen and oxygen atoms in total. The predicted molar refractivity (Wildman–Crippen MR) is 116 cm³/mol. The molecule has 1 amide bonds. The van der Waals surface area contributed by atoms with E-state index in [-0.39, 0.29) is 11.6 Å². The first kappa shape index (κ1) is 18.4. The largest absolute Gasteiger partial charge is 0.378 e. The van der Waals surface area contributed by atoms with E-state index < -0.39 is 0 Å². The molecule has 7 heteroatoms. The van der Waals surface area contributed by atoms with Gasteiger partial charge in [0.05, 0.1) is 11.2 Å². The molecule has 2 heterocycles. The third-order valence-corrected chi connectivity index (χ3v) is 4.44. The molecular formula is C22H20N6O. The van der Waals surface area contributed by atoms with Gasteiger partial charge in [0.25, 0.3) is 5.91 Å². The molecule has 0 saturated heterocycles. The minimum atomic E-state index is -0.302. The van der Waals surface area contributed by atoms with Crippen molar-refractivity contribution in [1.29, 1.82) is 0 Å². The van der Waals surface area contributed by atoms with Gasteiger partial charge in [0, 0.05) is 43.1 Å². The second-order valence-corrected chi connectivity index (χ2v) is 6.69. The molecule has 0 atom stereocenters. The highest BCUT2D eigenvalue weighted by molar-refractivity contribution is 6.03. The molecule has 0 aliphatic heterocycles. The molecule has 4 rings (SSSR count). The molecule has 0 saturated carbocycles. The average molecular weight is 384 g/mol. The van der Waals surface area contributed by atoms with Crippen molar-refractivity contribution in [2.45, 2.75) is 0 Å². The number of nitrogens with zero attached hydrogens (tertiary/aromatic N) is 4. The molecular weight excluding hydrogens is 364 g/mol. The van der Waals surface area contributed by atoms with Crippen molar-refractivity contribution in [2.75, 3.05) is 29.6 Å². The summed E-state index contributed by atoms with van der Waals surface area (Å²) in [5.74, 6) is 0.218. The van der Waals surface area contributed by atoms with Gasteiger partial charge in [-0.2, -0.15) is 0 Å². The first-order chi connectivity index (χ1) is 14.1. The number of aromatic nitrogens is 3. The van der Waals surface area contributed by atoms with Gasteiger partial charge in [-0.3, -0.25) is 9.78 Å². The van der Waals surface area contributed by atoms with Gasteiger partial charge in [0.1, 0.15) is 17.8 Å². The molecule has 0 radical (unpaired) electrons. The van der Waals surface area contributed by atoms with Crippen LogP contribution in [-0.2, 0) is 0 Å². The molecule has 2 aromatic carbocycles. The summed E-state index contributed by atoms with van der Waals surface area (Å²) < 4.78 is 0. The summed E-state index contributed by atoms with van der Waals surface area (Å²) in [5, 5.41) is 7.10. The lowest BCUT2D eigenvalue weighted by atomic mass is 10.2. The van der Waals surface area contributed by atoms with Crippen LogP contribution < -0.4 is 15.5 Å². The van der Waals surface area contributed by atoms with Gasteiger partial charge in [-0.05, 0) is 36.4 Å². The number of pyridine rings is 1. The van der Waals surface area contributed by atoms with Crippen molar-refractivity contribution >= 4 is 39.7 Å². The molecule has 2 N–H and O–H groups in total. The summed E-state index contributed by atoms with van der Waals surface area (Å²) >= 11 is 0. The van der Waals surface area contributed by atoms with E-state index in [2.05, 4.69) is 25.6 Å². The molecule has 0 aliphatic rings. The number of para-hydroxylation sites is 1. The summed E-state index contributed by atoms with van der Waals surface area (Å²) in [6.45, 7) is 0. The van der Waals surface area contributed by atoms with E-state index in [0.29, 0.717) is 11.5 Å². The maximum absolute atomic E-state index is 12.6. The van der Waals surface area contributed by atoms with E-state index >= 15 is 0 Å². The van der Waals surface area contributed by atoms with Gasteiger partial charge in [-0.25, -0.2) is 9.97 Å². The van der Waals surface area contributed by atoms with Gasteiger partial charge >= 0.3 is 0 Å². The Morgan fingerprint density at radius 2 is 1.72 bits per heavy atom. The van der Waals surface area contributed by atoms with E-state index in [4.69, 9.17) is 0 Å². The SMILES string of the molecule is CN(C)c1ccc(NC(=O)c2cc(Nc3cccc4cccnc34)ncn2)cc1. The van der Waals surface area contributed by atoms with Crippen molar-refractivity contribution in [1.82, 2.24) is 15.0 Å². The van der Waals surface area contributed by atoms with Crippen LogP contribution in [-0.4, -0.2) is 35.0 Å². The zero-order valence-corrected chi connectivity index (χ0v) is 16.1. The minimum Gasteiger partial charge on any atom is -0.378 e. The van der Waals surface area contributed by atoms with Crippen LogP contribution in [0.15, 0.2) is 73.2 Å². The maximum Gasteiger partial charge on any atom is 0.274 e. The number of amides is 1. The fourth-order valence-corrected chi connectivity index (χ4v) is 2.93. The van der Waals surface area contributed by atoms with Crippen LogP contribution in [0.1, 0.15) is 10.5 Å². The van der Waals surface area contributed by atoms with E-state index in [1.54, 1.807) is 12.3 Å². The van der Waals surface area contributed by atoms with E-state index in [1.165, 1.54) is 6.33 Å². The van der Waals surface area contributed by atoms with Crippen molar-refractivity contribution < 1.29 is 4.79 Å². The molecule has 2 aromatic heterocycles. The molecule has 4 aromatic rings. The maximum atomic E-state index is 12.6. The zero-order chi connectivity index (χ0) is 20.2. The Hall–Kier alpha value is -4.00. The highest BCUT2D eigenvalue weighted by Gasteiger charge is 2.11. The number of hydrogen-bond donors (Lipinski definition) is 2. The Morgan fingerprint density at radius 3 is 2.52 bits per heavy atom. The van der Waals surface area contributed by atoms with Crippen molar-refractivity contribution in [3.63, 3.8) is 0 Å². The Kier molecular flexibility index (Phi) is 5.03. The smallest absolute Gasteiger partial charge is 0.274 e. The molecule has 0 fully saturated rings. The minimum absolute atomic E-state index is 0.271. The molecule has 0 spiro atoms. The highest BCUT2D eigenvalue weighted by atomic mass is 16.1. The Balaban J connectivity index is 1.53. The molecule has 0 aliphatic carbocycles. The van der Waals surface area contributed by atoms with Crippen molar-refractivity contribution in [2.24, 2.45) is 0 Å². The molecule has 29 heavy (non-hydrogen) atoms. The topological polar surface area (TPSA) is 83.0 Å². The van der Waals surface area contributed by atoms with Gasteiger partial charge in [0.2, 0.25) is 0 Å². The van der Waals surface area contributed by atoms with Crippen LogP contribution in [0.2, 0.25) is 0 Å². The lowest BCUT2D eigenvalue weighted by Crippen LogP contribution is -2.14. The number of fused-ring (bicyclic) bond motifs is 1. The van der Waals surface area contributed by atoms with Gasteiger partial charge in [-0.15, -0.1) is 0 Å². The number of benzene rings is 2. The third kappa shape index (κ3) is 4.14. The van der Waals surface area contributed by atoms with Crippen LogP contribution in [0.5, 0.6) is 0 Å². The fourth-order valence-electron chi connectivity index (χ4n) is 2.93. The van der Waals surface area contributed by atoms with Gasteiger partial charge in [0.15, 0.2) is 0 Å². The Morgan fingerprint density at radius 1 is 0.931 bits per heavy atom. The molecule has 0 bridgehead atoms. The number of rotatable bonds is 5. The number of carbonyl (C=O) groups excluding carboxylic acids is 1. The Bertz CT molecular complexity index is 1150. The van der Waals surface area contributed by atoms with Crippen LogP contribution >= 0.6 is 0 Å². The summed E-state index contributed by atoms with van der Waals surface area (Å²) in [6.07, 6.45) is 3.11. The molecule has 144 valence electrons.